The van der Waals surface area contributed by atoms with Crippen molar-refractivity contribution in [1.82, 2.24) is 15.1 Å². The minimum atomic E-state index is 0.0655. The normalized spacial score (nSPS) is 26.6. The number of nitrogens with zero attached hydrogens (tertiary/aromatic N) is 2. The van der Waals surface area contributed by atoms with E-state index in [0.29, 0.717) is 18.2 Å². The van der Waals surface area contributed by atoms with Crippen LogP contribution in [-0.4, -0.2) is 62.0 Å². The van der Waals surface area contributed by atoms with Gasteiger partial charge in [-0.25, -0.2) is 0 Å². The van der Waals surface area contributed by atoms with Crippen LogP contribution in [-0.2, 0) is 4.79 Å². The number of hydrogen-bond acceptors (Lipinski definition) is 3. The molecule has 1 heterocycles. The molecule has 0 aromatic rings. The van der Waals surface area contributed by atoms with Crippen LogP contribution in [0.5, 0.6) is 0 Å². The maximum Gasteiger partial charge on any atom is 0.224 e. The molecule has 0 aromatic heterocycles. The van der Waals surface area contributed by atoms with Gasteiger partial charge in [0.1, 0.15) is 0 Å². The largest absolute Gasteiger partial charge is 0.345 e. The van der Waals surface area contributed by atoms with E-state index >= 15 is 0 Å². The molecule has 0 spiro atoms. The van der Waals surface area contributed by atoms with Gasteiger partial charge < -0.3 is 15.1 Å². The molecule has 2 aliphatic rings. The number of carbonyl (C=O) groups is 1. The maximum absolute atomic E-state index is 12.5. The monoisotopic (exact) mass is 281 g/mol. The predicted molar refractivity (Wildman–Crippen MR) is 82.7 cm³/mol. The lowest BCUT2D eigenvalue weighted by molar-refractivity contribution is -0.132. The summed E-state index contributed by atoms with van der Waals surface area (Å²) in [5.74, 6) is 0.974. The molecule has 20 heavy (non-hydrogen) atoms. The van der Waals surface area contributed by atoms with E-state index < -0.39 is 0 Å². The Kier molecular flexibility index (Phi) is 5.44. The SMILES string of the molecule is CNC1(CC(=O)N(C)CC2CCN(C)C2)CCCCC1. The number of rotatable bonds is 5. The van der Waals surface area contributed by atoms with Crippen molar-refractivity contribution in [2.45, 2.75) is 50.5 Å². The van der Waals surface area contributed by atoms with Crippen LogP contribution in [0.15, 0.2) is 0 Å². The van der Waals surface area contributed by atoms with Crippen molar-refractivity contribution in [2.24, 2.45) is 5.92 Å². The average molecular weight is 281 g/mol. The second-order valence-corrected chi connectivity index (χ2v) is 6.96. The van der Waals surface area contributed by atoms with Crippen molar-refractivity contribution in [1.29, 1.82) is 0 Å². The van der Waals surface area contributed by atoms with Crippen LogP contribution in [0.4, 0.5) is 0 Å². The van der Waals surface area contributed by atoms with Crippen LogP contribution in [0.3, 0.4) is 0 Å². The van der Waals surface area contributed by atoms with E-state index in [4.69, 9.17) is 0 Å². The van der Waals surface area contributed by atoms with E-state index in [1.54, 1.807) is 0 Å². The first-order valence-electron chi connectivity index (χ1n) is 8.16. The minimum absolute atomic E-state index is 0.0655. The number of nitrogens with one attached hydrogen (secondary N) is 1. The molecule has 1 saturated carbocycles. The Morgan fingerprint density at radius 3 is 2.60 bits per heavy atom. The Morgan fingerprint density at radius 2 is 2.05 bits per heavy atom. The number of amides is 1. The molecule has 0 aromatic carbocycles. The van der Waals surface area contributed by atoms with Crippen LogP contribution >= 0.6 is 0 Å². The quantitative estimate of drug-likeness (QED) is 0.833. The van der Waals surface area contributed by atoms with Crippen LogP contribution in [0.2, 0.25) is 0 Å². The van der Waals surface area contributed by atoms with Crippen LogP contribution in [0, 0.1) is 5.92 Å². The zero-order chi connectivity index (χ0) is 14.6. The van der Waals surface area contributed by atoms with E-state index in [1.807, 2.05) is 19.0 Å². The third kappa shape index (κ3) is 3.95. The van der Waals surface area contributed by atoms with E-state index in [1.165, 1.54) is 32.2 Å². The zero-order valence-electron chi connectivity index (χ0n) is 13.5. The lowest BCUT2D eigenvalue weighted by Gasteiger charge is -2.38. The van der Waals surface area contributed by atoms with E-state index in [2.05, 4.69) is 17.3 Å². The molecule has 2 rings (SSSR count). The molecular formula is C16H31N3O. The summed E-state index contributed by atoms with van der Waals surface area (Å²) in [6.45, 7) is 3.23. The minimum Gasteiger partial charge on any atom is -0.345 e. The molecule has 1 saturated heterocycles. The summed E-state index contributed by atoms with van der Waals surface area (Å²) < 4.78 is 0. The summed E-state index contributed by atoms with van der Waals surface area (Å²) in [7, 11) is 6.16. The molecule has 1 amide bonds. The van der Waals surface area contributed by atoms with Crippen molar-refractivity contribution in [3.63, 3.8) is 0 Å². The van der Waals surface area contributed by atoms with Crippen molar-refractivity contribution in [2.75, 3.05) is 40.8 Å². The zero-order valence-corrected chi connectivity index (χ0v) is 13.5. The van der Waals surface area contributed by atoms with Gasteiger partial charge in [-0.2, -0.15) is 0 Å². The molecule has 4 nitrogen and oxygen atoms in total. The molecule has 116 valence electrons. The number of likely N-dealkylation sites (tertiary alicyclic amines) is 1. The highest BCUT2D eigenvalue weighted by atomic mass is 16.2. The Balaban J connectivity index is 1.83. The van der Waals surface area contributed by atoms with Crippen LogP contribution in [0.25, 0.3) is 0 Å². The van der Waals surface area contributed by atoms with Gasteiger partial charge in [-0.05, 0) is 45.8 Å². The van der Waals surface area contributed by atoms with E-state index in [-0.39, 0.29) is 5.54 Å². The third-order valence-electron chi connectivity index (χ3n) is 5.28. The highest BCUT2D eigenvalue weighted by molar-refractivity contribution is 5.77. The topological polar surface area (TPSA) is 35.6 Å². The molecule has 0 bridgehead atoms. The summed E-state index contributed by atoms with van der Waals surface area (Å²) in [6.07, 6.45) is 8.02. The molecule has 1 aliphatic heterocycles. The summed E-state index contributed by atoms with van der Waals surface area (Å²) >= 11 is 0. The molecule has 1 atom stereocenters. The third-order valence-corrected chi connectivity index (χ3v) is 5.28. The van der Waals surface area contributed by atoms with Gasteiger partial charge in [0.05, 0.1) is 0 Å². The fourth-order valence-corrected chi connectivity index (χ4v) is 3.83. The fraction of sp³-hybridized carbons (Fsp3) is 0.938. The first-order chi connectivity index (χ1) is 9.54. The van der Waals surface area contributed by atoms with E-state index in [0.717, 1.165) is 25.9 Å². The Bertz CT molecular complexity index is 326. The van der Waals surface area contributed by atoms with Crippen LogP contribution in [0.1, 0.15) is 44.9 Å². The summed E-state index contributed by atoms with van der Waals surface area (Å²) in [5, 5.41) is 3.45. The Morgan fingerprint density at radius 1 is 1.35 bits per heavy atom. The molecule has 1 unspecified atom stereocenters. The first kappa shape index (κ1) is 15.8. The van der Waals surface area contributed by atoms with Crippen molar-refractivity contribution >= 4 is 5.91 Å². The molecule has 4 heteroatoms. The smallest absolute Gasteiger partial charge is 0.224 e. The standard InChI is InChI=1S/C16H31N3O/c1-17-16(8-5-4-6-9-16)11-15(20)19(3)13-14-7-10-18(2)12-14/h14,17H,4-13H2,1-3H3. The lowest BCUT2D eigenvalue weighted by atomic mass is 9.79. The lowest BCUT2D eigenvalue weighted by Crippen LogP contribution is -2.49. The van der Waals surface area contributed by atoms with Gasteiger partial charge in [0.15, 0.2) is 0 Å². The molecule has 1 N–H and O–H groups in total. The number of hydrogen-bond donors (Lipinski definition) is 1. The molecular weight excluding hydrogens is 250 g/mol. The second-order valence-electron chi connectivity index (χ2n) is 6.96. The van der Waals surface area contributed by atoms with E-state index in [9.17, 15) is 4.79 Å². The molecule has 2 fully saturated rings. The van der Waals surface area contributed by atoms with Crippen LogP contribution < -0.4 is 5.32 Å². The van der Waals surface area contributed by atoms with Gasteiger partial charge >= 0.3 is 0 Å². The Labute approximate surface area is 123 Å². The molecule has 0 radical (unpaired) electrons. The molecule has 1 aliphatic carbocycles. The van der Waals surface area contributed by atoms with Crippen molar-refractivity contribution in [3.05, 3.63) is 0 Å². The van der Waals surface area contributed by atoms with Gasteiger partial charge in [0, 0.05) is 32.1 Å². The predicted octanol–water partition coefficient (Wildman–Crippen LogP) is 1.71. The van der Waals surface area contributed by atoms with Crippen molar-refractivity contribution < 1.29 is 4.79 Å². The second kappa shape index (κ2) is 6.90. The number of carbonyl (C=O) groups excluding carboxylic acids is 1. The first-order valence-corrected chi connectivity index (χ1v) is 8.16. The summed E-state index contributed by atoms with van der Waals surface area (Å²) in [6, 6.07) is 0. The summed E-state index contributed by atoms with van der Waals surface area (Å²) in [4.78, 5) is 16.8. The van der Waals surface area contributed by atoms with Gasteiger partial charge in [-0.3, -0.25) is 4.79 Å². The Hall–Kier alpha value is -0.610. The van der Waals surface area contributed by atoms with Gasteiger partial charge in [-0.1, -0.05) is 19.3 Å². The van der Waals surface area contributed by atoms with Gasteiger partial charge in [0.2, 0.25) is 5.91 Å². The fourth-order valence-electron chi connectivity index (χ4n) is 3.83. The average Bonchev–Trinajstić information content (AvgIpc) is 2.85. The summed E-state index contributed by atoms with van der Waals surface area (Å²) in [5.41, 5.74) is 0.0655. The highest BCUT2D eigenvalue weighted by Crippen LogP contribution is 2.31. The highest BCUT2D eigenvalue weighted by Gasteiger charge is 2.34. The van der Waals surface area contributed by atoms with Gasteiger partial charge in [0.25, 0.3) is 0 Å². The van der Waals surface area contributed by atoms with Gasteiger partial charge in [-0.15, -0.1) is 0 Å². The van der Waals surface area contributed by atoms with Crippen molar-refractivity contribution in [3.8, 4) is 0 Å². The maximum atomic E-state index is 12.5.